The number of hydrogen-bond donors (Lipinski definition) is 1. The molecular weight excluding hydrogens is 310 g/mol. The van der Waals surface area contributed by atoms with Crippen molar-refractivity contribution < 1.29 is 14.1 Å². The highest BCUT2D eigenvalue weighted by Crippen LogP contribution is 2.42. The lowest BCUT2D eigenvalue weighted by molar-refractivity contribution is 0.0548. The molecule has 1 saturated heterocycles. The van der Waals surface area contributed by atoms with Gasteiger partial charge in [-0.05, 0) is 26.2 Å². The molecule has 1 N–H and O–H groups in total. The Balaban J connectivity index is 1.49. The molecule has 0 aromatic carbocycles. The summed E-state index contributed by atoms with van der Waals surface area (Å²) in [5.41, 5.74) is 1.43. The summed E-state index contributed by atoms with van der Waals surface area (Å²) in [6.07, 6.45) is 4.45. The van der Waals surface area contributed by atoms with Gasteiger partial charge in [-0.15, -0.1) is 0 Å². The van der Waals surface area contributed by atoms with Crippen molar-refractivity contribution in [1.29, 1.82) is 0 Å². The van der Waals surface area contributed by atoms with Gasteiger partial charge in [0.05, 0.1) is 11.8 Å². The van der Waals surface area contributed by atoms with Gasteiger partial charge in [0.1, 0.15) is 23.5 Å². The van der Waals surface area contributed by atoms with Crippen molar-refractivity contribution in [3.63, 3.8) is 0 Å². The molecule has 1 amide bonds. The van der Waals surface area contributed by atoms with Crippen molar-refractivity contribution in [3.8, 4) is 0 Å². The van der Waals surface area contributed by atoms with Crippen LogP contribution in [0.5, 0.6) is 0 Å². The highest BCUT2D eigenvalue weighted by molar-refractivity contribution is 5.96. The number of nitrogens with zero attached hydrogens (tertiary/aromatic N) is 4. The Labute approximate surface area is 139 Å². The first kappa shape index (κ1) is 15.3. The fourth-order valence-corrected chi connectivity index (χ4v) is 3.36. The van der Waals surface area contributed by atoms with Crippen molar-refractivity contribution in [2.45, 2.75) is 44.1 Å². The van der Waals surface area contributed by atoms with Crippen molar-refractivity contribution in [3.05, 3.63) is 29.2 Å². The van der Waals surface area contributed by atoms with E-state index >= 15 is 0 Å². The van der Waals surface area contributed by atoms with Crippen LogP contribution in [0.4, 0.5) is 0 Å². The van der Waals surface area contributed by atoms with Gasteiger partial charge >= 0.3 is 0 Å². The number of aromatic nitrogens is 4. The molecule has 2 aliphatic rings. The number of nitrogens with one attached hydrogen (secondary N) is 1. The molecule has 1 aliphatic heterocycles. The Morgan fingerprint density at radius 2 is 2.25 bits per heavy atom. The Hall–Kier alpha value is -2.22. The average Bonchev–Trinajstić information content (AvgIpc) is 2.98. The SMILES string of the molecule is Cc1onc(C2CC2)c1C(=O)N(C)C[C@H]1OCC[C@H]1c1ncn[nH]1. The highest BCUT2D eigenvalue weighted by Gasteiger charge is 2.37. The van der Waals surface area contributed by atoms with Crippen LogP contribution in [0, 0.1) is 6.92 Å². The molecule has 1 aliphatic carbocycles. The number of carbonyl (C=O) groups excluding carboxylic acids is 1. The standard InChI is InChI=1S/C16H21N5O3/c1-9-13(14(20-24-9)10-3-4-10)16(22)21(2)7-12-11(5-6-23-12)15-17-8-18-19-15/h8,10-12H,3-7H2,1-2H3,(H,17,18,19)/t11-,12-/m1/s1. The zero-order valence-electron chi connectivity index (χ0n) is 13.9. The zero-order valence-corrected chi connectivity index (χ0v) is 13.9. The molecule has 0 unspecified atom stereocenters. The van der Waals surface area contributed by atoms with E-state index in [1.54, 1.807) is 18.9 Å². The normalized spacial score (nSPS) is 23.6. The number of likely N-dealkylation sites (N-methyl/N-ethyl adjacent to an activating group) is 1. The Kier molecular flexibility index (Phi) is 3.84. The van der Waals surface area contributed by atoms with Gasteiger partial charge in [0.25, 0.3) is 5.91 Å². The number of ether oxygens (including phenoxy) is 1. The number of rotatable bonds is 5. The van der Waals surface area contributed by atoms with Crippen LogP contribution >= 0.6 is 0 Å². The van der Waals surface area contributed by atoms with E-state index in [0.717, 1.165) is 30.8 Å². The number of aromatic amines is 1. The van der Waals surface area contributed by atoms with Crippen LogP contribution in [0.1, 0.15) is 58.7 Å². The van der Waals surface area contributed by atoms with Crippen molar-refractivity contribution in [2.24, 2.45) is 0 Å². The number of carbonyl (C=O) groups is 1. The minimum Gasteiger partial charge on any atom is -0.376 e. The maximum absolute atomic E-state index is 12.9. The third-order valence-corrected chi connectivity index (χ3v) is 4.86. The van der Waals surface area contributed by atoms with Crippen LogP contribution in [0.15, 0.2) is 10.9 Å². The second-order valence-corrected chi connectivity index (χ2v) is 6.63. The number of aryl methyl sites for hydroxylation is 1. The predicted molar refractivity (Wildman–Crippen MR) is 83.7 cm³/mol. The maximum Gasteiger partial charge on any atom is 0.259 e. The largest absolute Gasteiger partial charge is 0.376 e. The maximum atomic E-state index is 12.9. The van der Waals surface area contributed by atoms with E-state index in [1.807, 2.05) is 0 Å². The zero-order chi connectivity index (χ0) is 16.7. The van der Waals surface area contributed by atoms with E-state index in [1.165, 1.54) is 6.33 Å². The molecule has 0 radical (unpaired) electrons. The van der Waals surface area contributed by atoms with Gasteiger partial charge in [-0.1, -0.05) is 5.16 Å². The summed E-state index contributed by atoms with van der Waals surface area (Å²) in [7, 11) is 1.80. The van der Waals surface area contributed by atoms with E-state index in [2.05, 4.69) is 20.3 Å². The molecule has 128 valence electrons. The van der Waals surface area contributed by atoms with Crippen LogP contribution in [0.2, 0.25) is 0 Å². The van der Waals surface area contributed by atoms with Gasteiger partial charge in [0.2, 0.25) is 0 Å². The molecule has 2 aromatic heterocycles. The lowest BCUT2D eigenvalue weighted by atomic mass is 10.00. The fraction of sp³-hybridized carbons (Fsp3) is 0.625. The Bertz CT molecular complexity index is 722. The van der Waals surface area contributed by atoms with Gasteiger partial charge in [0, 0.05) is 32.0 Å². The summed E-state index contributed by atoms with van der Waals surface area (Å²) in [5, 5.41) is 10.9. The summed E-state index contributed by atoms with van der Waals surface area (Å²) < 4.78 is 11.1. The van der Waals surface area contributed by atoms with E-state index in [4.69, 9.17) is 9.26 Å². The number of amides is 1. The lowest BCUT2D eigenvalue weighted by Crippen LogP contribution is -2.37. The van der Waals surface area contributed by atoms with Crippen LogP contribution in [-0.4, -0.2) is 57.4 Å². The van der Waals surface area contributed by atoms with E-state index in [9.17, 15) is 4.79 Å². The lowest BCUT2D eigenvalue weighted by Gasteiger charge is -2.24. The molecule has 3 heterocycles. The number of H-pyrrole nitrogens is 1. The second kappa shape index (κ2) is 6.01. The molecule has 0 bridgehead atoms. The van der Waals surface area contributed by atoms with Gasteiger partial charge in [-0.3, -0.25) is 9.89 Å². The summed E-state index contributed by atoms with van der Waals surface area (Å²) in [6.45, 7) is 2.96. The van der Waals surface area contributed by atoms with Crippen LogP contribution in [0.25, 0.3) is 0 Å². The molecule has 8 heteroatoms. The molecular formula is C16H21N5O3. The predicted octanol–water partition coefficient (Wildman–Crippen LogP) is 1.62. The topological polar surface area (TPSA) is 97.1 Å². The minimum absolute atomic E-state index is 0.0533. The quantitative estimate of drug-likeness (QED) is 0.894. The first-order chi connectivity index (χ1) is 11.6. The summed E-state index contributed by atoms with van der Waals surface area (Å²) in [4.78, 5) is 18.8. The fourth-order valence-electron chi connectivity index (χ4n) is 3.36. The molecule has 4 rings (SSSR count). The molecule has 2 aromatic rings. The van der Waals surface area contributed by atoms with Crippen LogP contribution < -0.4 is 0 Å². The first-order valence-corrected chi connectivity index (χ1v) is 8.33. The van der Waals surface area contributed by atoms with Crippen molar-refractivity contribution in [2.75, 3.05) is 20.2 Å². The highest BCUT2D eigenvalue weighted by atomic mass is 16.5. The van der Waals surface area contributed by atoms with E-state index < -0.39 is 0 Å². The molecule has 2 fully saturated rings. The van der Waals surface area contributed by atoms with E-state index in [-0.39, 0.29) is 17.9 Å². The molecule has 8 nitrogen and oxygen atoms in total. The third kappa shape index (κ3) is 2.71. The van der Waals surface area contributed by atoms with Crippen molar-refractivity contribution in [1.82, 2.24) is 25.2 Å². The van der Waals surface area contributed by atoms with Gasteiger partial charge in [0.15, 0.2) is 0 Å². The molecule has 2 atom stereocenters. The Morgan fingerprint density at radius 1 is 1.42 bits per heavy atom. The van der Waals surface area contributed by atoms with Gasteiger partial charge < -0.3 is 14.2 Å². The minimum atomic E-state index is -0.0866. The second-order valence-electron chi connectivity index (χ2n) is 6.63. The van der Waals surface area contributed by atoms with Crippen LogP contribution in [0.3, 0.4) is 0 Å². The van der Waals surface area contributed by atoms with Crippen LogP contribution in [-0.2, 0) is 4.74 Å². The third-order valence-electron chi connectivity index (χ3n) is 4.86. The summed E-state index contributed by atoms with van der Waals surface area (Å²) in [6, 6.07) is 0. The monoisotopic (exact) mass is 331 g/mol. The van der Waals surface area contributed by atoms with Gasteiger partial charge in [-0.2, -0.15) is 5.10 Å². The summed E-state index contributed by atoms with van der Waals surface area (Å²) in [5.74, 6) is 1.86. The first-order valence-electron chi connectivity index (χ1n) is 8.33. The summed E-state index contributed by atoms with van der Waals surface area (Å²) >= 11 is 0. The smallest absolute Gasteiger partial charge is 0.259 e. The molecule has 0 spiro atoms. The van der Waals surface area contributed by atoms with Gasteiger partial charge in [-0.25, -0.2) is 4.98 Å². The molecule has 1 saturated carbocycles. The molecule has 24 heavy (non-hydrogen) atoms. The van der Waals surface area contributed by atoms with Crippen molar-refractivity contribution >= 4 is 5.91 Å². The average molecular weight is 331 g/mol. The van der Waals surface area contributed by atoms with E-state index in [0.29, 0.717) is 30.4 Å². The number of hydrogen-bond acceptors (Lipinski definition) is 6. The Morgan fingerprint density at radius 3 is 2.96 bits per heavy atom.